The van der Waals surface area contributed by atoms with E-state index in [2.05, 4.69) is 4.98 Å². The number of rotatable bonds is 4. The van der Waals surface area contributed by atoms with Crippen LogP contribution in [0.15, 0.2) is 41.6 Å². The number of sulfonamides is 1. The molecular formula is C13H10Cl2N2O4S. The average molecular weight is 361 g/mol. The maximum Gasteiger partial charge on any atom is 0.281 e. The highest BCUT2D eigenvalue weighted by molar-refractivity contribution is 7.90. The average Bonchev–Trinajstić information content (AvgIpc) is 2.47. The topological polar surface area (TPSA) is 85.4 Å². The van der Waals surface area contributed by atoms with Crippen LogP contribution >= 0.6 is 23.2 Å². The number of hydrogen-bond donors (Lipinski definition) is 1. The fourth-order valence-electron chi connectivity index (χ4n) is 1.56. The van der Waals surface area contributed by atoms with Gasteiger partial charge in [-0.2, -0.15) is 8.42 Å². The molecule has 9 heteroatoms. The van der Waals surface area contributed by atoms with Gasteiger partial charge in [-0.05, 0) is 30.3 Å². The highest BCUT2D eigenvalue weighted by Gasteiger charge is 2.20. The van der Waals surface area contributed by atoms with Crippen LogP contribution in [0.1, 0.15) is 10.4 Å². The Bertz CT molecular complexity index is 807. The highest BCUT2D eigenvalue weighted by atomic mass is 35.5. The molecule has 0 fully saturated rings. The van der Waals surface area contributed by atoms with E-state index in [0.29, 0.717) is 5.02 Å². The van der Waals surface area contributed by atoms with E-state index in [9.17, 15) is 13.2 Å². The number of hydrogen-bond acceptors (Lipinski definition) is 5. The van der Waals surface area contributed by atoms with Crippen molar-refractivity contribution in [2.24, 2.45) is 0 Å². The van der Waals surface area contributed by atoms with Gasteiger partial charge in [0, 0.05) is 11.8 Å². The minimum atomic E-state index is -4.10. The summed E-state index contributed by atoms with van der Waals surface area (Å²) in [4.78, 5) is 15.7. The second kappa shape index (κ2) is 6.51. The lowest BCUT2D eigenvalue weighted by molar-refractivity contribution is 0.0981. The van der Waals surface area contributed by atoms with Crippen molar-refractivity contribution in [2.45, 2.75) is 5.03 Å². The van der Waals surface area contributed by atoms with Gasteiger partial charge in [0.05, 0.1) is 17.2 Å². The number of nitrogens with one attached hydrogen (secondary N) is 1. The van der Waals surface area contributed by atoms with Crippen LogP contribution in [0.3, 0.4) is 0 Å². The third kappa shape index (κ3) is 3.68. The number of halogens is 2. The molecule has 1 amide bonds. The first kappa shape index (κ1) is 16.5. The molecule has 0 saturated carbocycles. The van der Waals surface area contributed by atoms with Crippen molar-refractivity contribution in [3.8, 4) is 5.75 Å². The second-order valence-electron chi connectivity index (χ2n) is 4.10. The van der Waals surface area contributed by atoms with Crippen LogP contribution in [-0.4, -0.2) is 26.4 Å². The first-order valence-electron chi connectivity index (χ1n) is 5.86. The van der Waals surface area contributed by atoms with Gasteiger partial charge in [0.25, 0.3) is 15.9 Å². The predicted molar refractivity (Wildman–Crippen MR) is 81.9 cm³/mol. The summed E-state index contributed by atoms with van der Waals surface area (Å²) < 4.78 is 31.0. The summed E-state index contributed by atoms with van der Waals surface area (Å²) >= 11 is 11.5. The van der Waals surface area contributed by atoms with E-state index in [1.54, 1.807) is 0 Å². The Morgan fingerprint density at radius 3 is 2.55 bits per heavy atom. The summed E-state index contributed by atoms with van der Waals surface area (Å²) in [6.45, 7) is 0. The van der Waals surface area contributed by atoms with Crippen LogP contribution < -0.4 is 9.46 Å². The third-order valence-electron chi connectivity index (χ3n) is 2.62. The maximum absolute atomic E-state index is 12.1. The Morgan fingerprint density at radius 1 is 1.23 bits per heavy atom. The molecule has 0 atom stereocenters. The summed E-state index contributed by atoms with van der Waals surface area (Å²) in [5.41, 5.74) is 0.0822. The van der Waals surface area contributed by atoms with Crippen LogP contribution in [0.5, 0.6) is 5.75 Å². The van der Waals surface area contributed by atoms with Crippen molar-refractivity contribution in [2.75, 3.05) is 7.11 Å². The van der Waals surface area contributed by atoms with Crippen LogP contribution in [-0.2, 0) is 10.0 Å². The number of aromatic nitrogens is 1. The number of carbonyl (C=O) groups is 1. The number of methoxy groups -OCH3 is 1. The number of ether oxygens (including phenoxy) is 1. The van der Waals surface area contributed by atoms with Gasteiger partial charge in [-0.25, -0.2) is 9.71 Å². The monoisotopic (exact) mass is 360 g/mol. The van der Waals surface area contributed by atoms with Crippen molar-refractivity contribution >= 4 is 39.1 Å². The molecule has 116 valence electrons. The van der Waals surface area contributed by atoms with E-state index < -0.39 is 15.9 Å². The third-order valence-corrected chi connectivity index (χ3v) is 4.40. The summed E-state index contributed by atoms with van der Waals surface area (Å²) in [6, 6.07) is 6.70. The van der Waals surface area contributed by atoms with Crippen molar-refractivity contribution in [1.29, 1.82) is 0 Å². The fourth-order valence-corrected chi connectivity index (χ4v) is 2.77. The van der Waals surface area contributed by atoms with Crippen LogP contribution in [0, 0.1) is 0 Å². The van der Waals surface area contributed by atoms with Gasteiger partial charge in [0.15, 0.2) is 5.03 Å². The Morgan fingerprint density at radius 2 is 1.95 bits per heavy atom. The fraction of sp³-hybridized carbons (Fsp3) is 0.0769. The van der Waals surface area contributed by atoms with E-state index in [4.69, 9.17) is 27.9 Å². The van der Waals surface area contributed by atoms with Gasteiger partial charge in [-0.3, -0.25) is 4.79 Å². The number of nitrogens with zero attached hydrogens (tertiary/aromatic N) is 1. The lowest BCUT2D eigenvalue weighted by Gasteiger charge is -2.08. The molecule has 0 spiro atoms. The molecule has 0 aliphatic rings. The molecule has 0 radical (unpaired) electrons. The first-order valence-corrected chi connectivity index (χ1v) is 8.09. The number of pyridine rings is 1. The molecular weight excluding hydrogens is 351 g/mol. The molecule has 0 aliphatic heterocycles. The van der Waals surface area contributed by atoms with E-state index in [0.717, 1.165) is 0 Å². The summed E-state index contributed by atoms with van der Waals surface area (Å²) in [5.74, 6) is -0.567. The maximum atomic E-state index is 12.1. The minimum absolute atomic E-state index is 0.0822. The standard InChI is InChI=1S/C13H10Cl2N2O4S/c1-21-11-6-8(2-4-10(11)15)13(18)17-22(19,20)12-5-3-9(14)7-16-12/h2-7H,1H3,(H,17,18). The molecule has 1 N–H and O–H groups in total. The normalized spacial score (nSPS) is 11.0. The van der Waals surface area contributed by atoms with E-state index in [1.165, 1.54) is 43.6 Å². The number of amides is 1. The molecule has 1 heterocycles. The minimum Gasteiger partial charge on any atom is -0.495 e. The molecule has 0 unspecified atom stereocenters. The van der Waals surface area contributed by atoms with E-state index >= 15 is 0 Å². The van der Waals surface area contributed by atoms with Gasteiger partial charge in [0.1, 0.15) is 5.75 Å². The van der Waals surface area contributed by atoms with Crippen molar-refractivity contribution in [3.63, 3.8) is 0 Å². The number of benzene rings is 1. The van der Waals surface area contributed by atoms with Gasteiger partial charge >= 0.3 is 0 Å². The van der Waals surface area contributed by atoms with Crippen molar-refractivity contribution in [1.82, 2.24) is 9.71 Å². The lowest BCUT2D eigenvalue weighted by Crippen LogP contribution is -2.31. The second-order valence-corrected chi connectivity index (χ2v) is 6.57. The summed E-state index contributed by atoms with van der Waals surface area (Å²) in [5, 5.41) is 0.278. The summed E-state index contributed by atoms with van der Waals surface area (Å²) in [7, 11) is -2.71. The molecule has 1 aromatic carbocycles. The van der Waals surface area contributed by atoms with Crippen LogP contribution in [0.4, 0.5) is 0 Å². The molecule has 0 bridgehead atoms. The zero-order valence-corrected chi connectivity index (χ0v) is 13.5. The molecule has 6 nitrogen and oxygen atoms in total. The lowest BCUT2D eigenvalue weighted by atomic mass is 10.2. The van der Waals surface area contributed by atoms with Gasteiger partial charge in [-0.1, -0.05) is 23.2 Å². The molecule has 1 aromatic heterocycles. The SMILES string of the molecule is COc1cc(C(=O)NS(=O)(=O)c2ccc(Cl)cn2)ccc1Cl. The summed E-state index contributed by atoms with van der Waals surface area (Å²) in [6.07, 6.45) is 1.17. The van der Waals surface area contributed by atoms with Crippen molar-refractivity contribution < 1.29 is 17.9 Å². The van der Waals surface area contributed by atoms with Gasteiger partial charge in [0.2, 0.25) is 0 Å². The molecule has 2 rings (SSSR count). The number of carbonyl (C=O) groups excluding carboxylic acids is 1. The Kier molecular flexibility index (Phi) is 4.90. The van der Waals surface area contributed by atoms with Crippen LogP contribution in [0.25, 0.3) is 0 Å². The quantitative estimate of drug-likeness (QED) is 0.905. The van der Waals surface area contributed by atoms with Gasteiger partial charge < -0.3 is 4.74 Å². The molecule has 2 aromatic rings. The largest absolute Gasteiger partial charge is 0.495 e. The Balaban J connectivity index is 2.26. The first-order chi connectivity index (χ1) is 10.3. The molecule has 22 heavy (non-hydrogen) atoms. The zero-order chi connectivity index (χ0) is 16.3. The zero-order valence-electron chi connectivity index (χ0n) is 11.2. The predicted octanol–water partition coefficient (Wildman–Crippen LogP) is 2.52. The Labute approximate surface area is 137 Å². The van der Waals surface area contributed by atoms with E-state index in [1.807, 2.05) is 4.72 Å². The highest BCUT2D eigenvalue weighted by Crippen LogP contribution is 2.25. The molecule has 0 saturated heterocycles. The smallest absolute Gasteiger partial charge is 0.281 e. The van der Waals surface area contributed by atoms with Gasteiger partial charge in [-0.15, -0.1) is 0 Å². The Hall–Kier alpha value is -1.83. The van der Waals surface area contributed by atoms with E-state index in [-0.39, 0.29) is 21.4 Å². The molecule has 0 aliphatic carbocycles. The van der Waals surface area contributed by atoms with Crippen LogP contribution in [0.2, 0.25) is 10.0 Å². The van der Waals surface area contributed by atoms with Crippen molar-refractivity contribution in [3.05, 3.63) is 52.1 Å².